The molecular formula is C14H18N2O2. The van der Waals surface area contributed by atoms with Crippen LogP contribution in [0.3, 0.4) is 0 Å². The predicted molar refractivity (Wildman–Crippen MR) is 67.8 cm³/mol. The molecule has 2 rings (SSSR count). The molecule has 0 amide bonds. The van der Waals surface area contributed by atoms with Crippen LogP contribution in [0.1, 0.15) is 25.0 Å². The summed E-state index contributed by atoms with van der Waals surface area (Å²) in [5, 5.41) is 12.3. The first-order valence-electron chi connectivity index (χ1n) is 6.11. The SMILES string of the molecule is CC1(C)OCC(CNCc2ccccc2C#N)O1. The highest BCUT2D eigenvalue weighted by Gasteiger charge is 2.32. The predicted octanol–water partition coefficient (Wildman–Crippen LogP) is 1.80. The van der Waals surface area contributed by atoms with Gasteiger partial charge in [0.1, 0.15) is 0 Å². The van der Waals surface area contributed by atoms with Gasteiger partial charge < -0.3 is 14.8 Å². The quantitative estimate of drug-likeness (QED) is 0.880. The zero-order chi connectivity index (χ0) is 13.0. The van der Waals surface area contributed by atoms with Crippen LogP contribution in [-0.4, -0.2) is 25.0 Å². The molecule has 18 heavy (non-hydrogen) atoms. The van der Waals surface area contributed by atoms with Crippen LogP contribution in [0.5, 0.6) is 0 Å². The summed E-state index contributed by atoms with van der Waals surface area (Å²) in [6.45, 7) is 5.84. The molecule has 4 nitrogen and oxygen atoms in total. The highest BCUT2D eigenvalue weighted by atomic mass is 16.7. The molecule has 96 valence electrons. The van der Waals surface area contributed by atoms with Gasteiger partial charge in [-0.05, 0) is 25.5 Å². The second-order valence-corrected chi connectivity index (χ2v) is 4.85. The second-order valence-electron chi connectivity index (χ2n) is 4.85. The van der Waals surface area contributed by atoms with Crippen LogP contribution in [0.2, 0.25) is 0 Å². The van der Waals surface area contributed by atoms with Gasteiger partial charge in [0.25, 0.3) is 0 Å². The Morgan fingerprint density at radius 3 is 2.89 bits per heavy atom. The van der Waals surface area contributed by atoms with Crippen molar-refractivity contribution < 1.29 is 9.47 Å². The van der Waals surface area contributed by atoms with E-state index in [1.54, 1.807) is 0 Å². The Balaban J connectivity index is 1.81. The smallest absolute Gasteiger partial charge is 0.163 e. The lowest BCUT2D eigenvalue weighted by molar-refractivity contribution is -0.137. The molecule has 1 aliphatic heterocycles. The molecule has 1 atom stereocenters. The van der Waals surface area contributed by atoms with Gasteiger partial charge in [0.15, 0.2) is 5.79 Å². The molecular weight excluding hydrogens is 228 g/mol. The number of rotatable bonds is 4. The summed E-state index contributed by atoms with van der Waals surface area (Å²) in [7, 11) is 0. The first kappa shape index (κ1) is 13.0. The Hall–Kier alpha value is -1.41. The molecule has 0 radical (unpaired) electrons. The van der Waals surface area contributed by atoms with Gasteiger partial charge in [-0.15, -0.1) is 0 Å². The summed E-state index contributed by atoms with van der Waals surface area (Å²) in [4.78, 5) is 0. The Morgan fingerprint density at radius 2 is 2.22 bits per heavy atom. The molecule has 1 aromatic carbocycles. The molecule has 1 heterocycles. The number of nitrogens with one attached hydrogen (secondary N) is 1. The summed E-state index contributed by atoms with van der Waals surface area (Å²) in [6, 6.07) is 9.79. The van der Waals surface area contributed by atoms with Gasteiger partial charge in [0.2, 0.25) is 0 Å². The van der Waals surface area contributed by atoms with Crippen molar-refractivity contribution in [2.45, 2.75) is 32.3 Å². The summed E-state index contributed by atoms with van der Waals surface area (Å²) in [6.07, 6.45) is 0.0780. The van der Waals surface area contributed by atoms with E-state index in [4.69, 9.17) is 14.7 Å². The third-order valence-electron chi connectivity index (χ3n) is 2.89. The number of hydrogen-bond acceptors (Lipinski definition) is 4. The lowest BCUT2D eigenvalue weighted by atomic mass is 10.1. The maximum Gasteiger partial charge on any atom is 0.163 e. The topological polar surface area (TPSA) is 54.3 Å². The minimum absolute atomic E-state index is 0.0780. The van der Waals surface area contributed by atoms with E-state index >= 15 is 0 Å². The van der Waals surface area contributed by atoms with Crippen LogP contribution in [0.15, 0.2) is 24.3 Å². The minimum atomic E-state index is -0.475. The largest absolute Gasteiger partial charge is 0.348 e. The van der Waals surface area contributed by atoms with Gasteiger partial charge in [-0.1, -0.05) is 18.2 Å². The van der Waals surface area contributed by atoms with Crippen LogP contribution in [0.25, 0.3) is 0 Å². The standard InChI is InChI=1S/C14H18N2O2/c1-14(2)17-10-13(18-14)9-16-8-12-6-4-3-5-11(12)7-15/h3-6,13,16H,8-10H2,1-2H3. The molecule has 4 heteroatoms. The maximum atomic E-state index is 8.98. The van der Waals surface area contributed by atoms with E-state index in [0.717, 1.165) is 12.1 Å². The molecule has 1 saturated heterocycles. The van der Waals surface area contributed by atoms with E-state index in [1.165, 1.54) is 0 Å². The molecule has 1 aliphatic rings. The normalized spacial score (nSPS) is 21.7. The molecule has 1 fully saturated rings. The monoisotopic (exact) mass is 246 g/mol. The molecule has 1 N–H and O–H groups in total. The van der Waals surface area contributed by atoms with Gasteiger partial charge in [-0.2, -0.15) is 5.26 Å². The number of nitriles is 1. The van der Waals surface area contributed by atoms with Crippen molar-refractivity contribution in [1.82, 2.24) is 5.32 Å². The van der Waals surface area contributed by atoms with Crippen molar-refractivity contribution in [3.63, 3.8) is 0 Å². The van der Waals surface area contributed by atoms with Gasteiger partial charge in [0.05, 0.1) is 24.3 Å². The summed E-state index contributed by atoms with van der Waals surface area (Å²) in [5.74, 6) is -0.475. The number of hydrogen-bond donors (Lipinski definition) is 1. The first-order chi connectivity index (χ1) is 8.61. The lowest BCUT2D eigenvalue weighted by Crippen LogP contribution is -2.30. The highest BCUT2D eigenvalue weighted by molar-refractivity contribution is 5.37. The van der Waals surface area contributed by atoms with Crippen molar-refractivity contribution in [3.8, 4) is 6.07 Å². The van der Waals surface area contributed by atoms with E-state index in [-0.39, 0.29) is 6.10 Å². The average molecular weight is 246 g/mol. The molecule has 0 aliphatic carbocycles. The minimum Gasteiger partial charge on any atom is -0.348 e. The summed E-state index contributed by atoms with van der Waals surface area (Å²) < 4.78 is 11.2. The van der Waals surface area contributed by atoms with Crippen LogP contribution in [0.4, 0.5) is 0 Å². The van der Waals surface area contributed by atoms with Crippen molar-refractivity contribution in [2.75, 3.05) is 13.2 Å². The zero-order valence-electron chi connectivity index (χ0n) is 10.8. The van der Waals surface area contributed by atoms with Crippen LogP contribution < -0.4 is 5.32 Å². The third kappa shape index (κ3) is 3.30. The molecule has 1 unspecified atom stereocenters. The Kier molecular flexibility index (Phi) is 3.97. The molecule has 0 bridgehead atoms. The molecule has 0 spiro atoms. The molecule has 1 aromatic rings. The van der Waals surface area contributed by atoms with Gasteiger partial charge in [-0.3, -0.25) is 0 Å². The Labute approximate surface area is 108 Å². The van der Waals surface area contributed by atoms with Crippen LogP contribution >= 0.6 is 0 Å². The maximum absolute atomic E-state index is 8.98. The highest BCUT2D eigenvalue weighted by Crippen LogP contribution is 2.21. The van der Waals surface area contributed by atoms with E-state index in [0.29, 0.717) is 18.7 Å². The first-order valence-corrected chi connectivity index (χ1v) is 6.11. The van der Waals surface area contributed by atoms with Crippen molar-refractivity contribution in [2.24, 2.45) is 0 Å². The third-order valence-corrected chi connectivity index (χ3v) is 2.89. The van der Waals surface area contributed by atoms with E-state index in [2.05, 4.69) is 11.4 Å². The fourth-order valence-electron chi connectivity index (χ4n) is 2.01. The molecule has 0 saturated carbocycles. The zero-order valence-corrected chi connectivity index (χ0v) is 10.8. The van der Waals surface area contributed by atoms with Gasteiger partial charge in [0, 0.05) is 13.1 Å². The number of nitrogens with zero attached hydrogens (tertiary/aromatic N) is 1. The Morgan fingerprint density at radius 1 is 1.44 bits per heavy atom. The van der Waals surface area contributed by atoms with Crippen molar-refractivity contribution in [3.05, 3.63) is 35.4 Å². The van der Waals surface area contributed by atoms with E-state index in [1.807, 2.05) is 38.1 Å². The Bertz CT molecular complexity index is 451. The number of ether oxygens (including phenoxy) is 2. The summed E-state index contributed by atoms with van der Waals surface area (Å²) in [5.41, 5.74) is 1.73. The van der Waals surface area contributed by atoms with Crippen molar-refractivity contribution >= 4 is 0 Å². The fourth-order valence-corrected chi connectivity index (χ4v) is 2.01. The molecule has 0 aromatic heterocycles. The lowest BCUT2D eigenvalue weighted by Gasteiger charge is -2.17. The van der Waals surface area contributed by atoms with Gasteiger partial charge >= 0.3 is 0 Å². The van der Waals surface area contributed by atoms with E-state index in [9.17, 15) is 0 Å². The van der Waals surface area contributed by atoms with Gasteiger partial charge in [-0.25, -0.2) is 0 Å². The van der Waals surface area contributed by atoms with Crippen LogP contribution in [0, 0.1) is 11.3 Å². The fraction of sp³-hybridized carbons (Fsp3) is 0.500. The van der Waals surface area contributed by atoms with E-state index < -0.39 is 5.79 Å². The second kappa shape index (κ2) is 5.49. The average Bonchev–Trinajstić information content (AvgIpc) is 2.69. The van der Waals surface area contributed by atoms with Crippen molar-refractivity contribution in [1.29, 1.82) is 5.26 Å². The summed E-state index contributed by atoms with van der Waals surface area (Å²) >= 11 is 0. The number of benzene rings is 1. The van der Waals surface area contributed by atoms with Crippen LogP contribution in [-0.2, 0) is 16.0 Å².